The molecule has 0 aliphatic carbocycles. The first kappa shape index (κ1) is 14.6. The van der Waals surface area contributed by atoms with Gasteiger partial charge in [0.2, 0.25) is 5.88 Å². The van der Waals surface area contributed by atoms with Crippen LogP contribution in [0.3, 0.4) is 0 Å². The minimum atomic E-state index is -0.474. The number of rotatable bonds is 2. The first-order valence-electron chi connectivity index (χ1n) is 6.85. The van der Waals surface area contributed by atoms with Crippen LogP contribution in [0, 0.1) is 0 Å². The number of aromatic nitrogens is 1. The second kappa shape index (κ2) is 5.31. The molecule has 0 bridgehead atoms. The number of likely N-dealkylation sites (tertiary alicyclic amines) is 1. The summed E-state index contributed by atoms with van der Waals surface area (Å²) in [5.41, 5.74) is -0.886. The third kappa shape index (κ3) is 3.85. The van der Waals surface area contributed by atoms with E-state index in [1.807, 2.05) is 45.9 Å². The van der Waals surface area contributed by atoms with Gasteiger partial charge in [0.1, 0.15) is 11.2 Å². The fourth-order valence-corrected chi connectivity index (χ4v) is 2.16. The zero-order valence-corrected chi connectivity index (χ0v) is 12.5. The van der Waals surface area contributed by atoms with Crippen molar-refractivity contribution in [3.8, 4) is 5.88 Å². The molecule has 1 aliphatic rings. The van der Waals surface area contributed by atoms with Crippen LogP contribution in [0.1, 0.15) is 34.1 Å². The lowest BCUT2D eigenvalue weighted by Crippen LogP contribution is -2.40. The summed E-state index contributed by atoms with van der Waals surface area (Å²) in [6.07, 6.45) is 2.17. The molecule has 1 saturated heterocycles. The highest BCUT2D eigenvalue weighted by Gasteiger charge is 2.39. The molecule has 20 heavy (non-hydrogen) atoms. The van der Waals surface area contributed by atoms with Crippen molar-refractivity contribution in [3.05, 3.63) is 24.4 Å². The van der Waals surface area contributed by atoms with Crippen molar-refractivity contribution in [2.45, 2.75) is 45.3 Å². The Morgan fingerprint density at radius 2 is 2.15 bits per heavy atom. The van der Waals surface area contributed by atoms with Gasteiger partial charge in [0, 0.05) is 25.2 Å². The van der Waals surface area contributed by atoms with Gasteiger partial charge >= 0.3 is 6.09 Å². The second-order valence-electron chi connectivity index (χ2n) is 6.37. The van der Waals surface area contributed by atoms with E-state index in [0.717, 1.165) is 6.42 Å². The Kier molecular flexibility index (Phi) is 3.88. The molecule has 0 spiro atoms. The van der Waals surface area contributed by atoms with E-state index in [9.17, 15) is 4.79 Å². The van der Waals surface area contributed by atoms with Crippen molar-refractivity contribution in [3.63, 3.8) is 0 Å². The number of ether oxygens (including phenoxy) is 2. The molecule has 1 aliphatic heterocycles. The highest BCUT2D eigenvalue weighted by molar-refractivity contribution is 5.68. The largest absolute Gasteiger partial charge is 0.469 e. The first-order valence-corrected chi connectivity index (χ1v) is 6.85. The molecule has 0 saturated carbocycles. The number of carbonyl (C=O) groups is 1. The maximum atomic E-state index is 12.0. The molecule has 5 nitrogen and oxygen atoms in total. The lowest BCUT2D eigenvalue weighted by Gasteiger charge is -2.27. The molecule has 1 aromatic heterocycles. The van der Waals surface area contributed by atoms with Gasteiger partial charge < -0.3 is 14.4 Å². The number of hydrogen-bond donors (Lipinski definition) is 0. The van der Waals surface area contributed by atoms with E-state index >= 15 is 0 Å². The number of amides is 1. The van der Waals surface area contributed by atoms with Gasteiger partial charge in [-0.05, 0) is 33.8 Å². The fourth-order valence-electron chi connectivity index (χ4n) is 2.16. The number of nitrogens with zero attached hydrogens (tertiary/aromatic N) is 2. The van der Waals surface area contributed by atoms with E-state index in [0.29, 0.717) is 19.0 Å². The predicted octanol–water partition coefficient (Wildman–Crippen LogP) is 2.86. The molecule has 1 fully saturated rings. The smallest absolute Gasteiger partial charge is 0.410 e. The zero-order chi connectivity index (χ0) is 14.8. The van der Waals surface area contributed by atoms with E-state index in [2.05, 4.69) is 4.98 Å². The van der Waals surface area contributed by atoms with Crippen molar-refractivity contribution in [2.24, 2.45) is 0 Å². The Morgan fingerprint density at radius 3 is 2.75 bits per heavy atom. The van der Waals surface area contributed by atoms with Gasteiger partial charge in [-0.25, -0.2) is 9.78 Å². The van der Waals surface area contributed by atoms with Gasteiger partial charge in [-0.15, -0.1) is 0 Å². The van der Waals surface area contributed by atoms with Crippen LogP contribution >= 0.6 is 0 Å². The van der Waals surface area contributed by atoms with E-state index in [1.165, 1.54) is 0 Å². The van der Waals surface area contributed by atoms with Gasteiger partial charge in [-0.2, -0.15) is 0 Å². The molecule has 0 radical (unpaired) electrons. The summed E-state index contributed by atoms with van der Waals surface area (Å²) >= 11 is 0. The molecule has 1 atom stereocenters. The topological polar surface area (TPSA) is 51.7 Å². The standard InChI is InChI=1S/C15H22N2O3/c1-14(2,3)20-13(18)17-10-8-15(4,11-17)19-12-7-5-6-9-16-12/h5-7,9H,8,10-11H2,1-4H3. The lowest BCUT2D eigenvalue weighted by molar-refractivity contribution is 0.0224. The molecular formula is C15H22N2O3. The molecule has 0 N–H and O–H groups in total. The number of hydrogen-bond acceptors (Lipinski definition) is 4. The Morgan fingerprint density at radius 1 is 1.40 bits per heavy atom. The van der Waals surface area contributed by atoms with Crippen LogP contribution in [-0.4, -0.2) is 40.3 Å². The average molecular weight is 278 g/mol. The third-order valence-electron chi connectivity index (χ3n) is 3.08. The Labute approximate surface area is 119 Å². The van der Waals surface area contributed by atoms with Gasteiger partial charge in [-0.3, -0.25) is 0 Å². The maximum Gasteiger partial charge on any atom is 0.410 e. The SMILES string of the molecule is CC(C)(C)OC(=O)N1CCC(C)(Oc2ccccn2)C1. The second-order valence-corrected chi connectivity index (χ2v) is 6.37. The molecule has 1 amide bonds. The van der Waals surface area contributed by atoms with Crippen LogP contribution in [0.2, 0.25) is 0 Å². The van der Waals surface area contributed by atoms with Crippen LogP contribution in [0.15, 0.2) is 24.4 Å². The summed E-state index contributed by atoms with van der Waals surface area (Å²) in [7, 11) is 0. The first-order chi connectivity index (χ1) is 9.27. The van der Waals surface area contributed by atoms with Gasteiger partial charge in [0.25, 0.3) is 0 Å². The zero-order valence-electron chi connectivity index (χ0n) is 12.5. The van der Waals surface area contributed by atoms with Crippen molar-refractivity contribution in [1.82, 2.24) is 9.88 Å². The predicted molar refractivity (Wildman–Crippen MR) is 75.7 cm³/mol. The van der Waals surface area contributed by atoms with Crippen LogP contribution in [0.5, 0.6) is 5.88 Å². The fraction of sp³-hybridized carbons (Fsp3) is 0.600. The van der Waals surface area contributed by atoms with E-state index < -0.39 is 11.2 Å². The van der Waals surface area contributed by atoms with Crippen LogP contribution in [-0.2, 0) is 4.74 Å². The highest BCUT2D eigenvalue weighted by Crippen LogP contribution is 2.27. The van der Waals surface area contributed by atoms with E-state index in [-0.39, 0.29) is 6.09 Å². The Balaban J connectivity index is 1.95. The molecule has 1 aromatic rings. The molecule has 1 unspecified atom stereocenters. The van der Waals surface area contributed by atoms with Gasteiger partial charge in [0.05, 0.1) is 6.54 Å². The third-order valence-corrected chi connectivity index (χ3v) is 3.08. The van der Waals surface area contributed by atoms with E-state index in [1.54, 1.807) is 11.1 Å². The van der Waals surface area contributed by atoms with Crippen LogP contribution in [0.4, 0.5) is 4.79 Å². The minimum Gasteiger partial charge on any atom is -0.469 e. The summed E-state index contributed by atoms with van der Waals surface area (Å²) < 4.78 is 11.3. The molecule has 5 heteroatoms. The molecule has 110 valence electrons. The van der Waals surface area contributed by atoms with Crippen LogP contribution < -0.4 is 4.74 Å². The van der Waals surface area contributed by atoms with Crippen molar-refractivity contribution in [1.29, 1.82) is 0 Å². The molecule has 2 heterocycles. The normalized spacial score (nSPS) is 22.7. The van der Waals surface area contributed by atoms with Crippen LogP contribution in [0.25, 0.3) is 0 Å². The molecule has 2 rings (SSSR count). The summed E-state index contributed by atoms with van der Waals surface area (Å²) in [6, 6.07) is 5.55. The monoisotopic (exact) mass is 278 g/mol. The summed E-state index contributed by atoms with van der Waals surface area (Å²) in [5, 5.41) is 0. The van der Waals surface area contributed by atoms with Crippen molar-refractivity contribution >= 4 is 6.09 Å². The van der Waals surface area contributed by atoms with E-state index in [4.69, 9.17) is 9.47 Å². The van der Waals surface area contributed by atoms with Crippen molar-refractivity contribution in [2.75, 3.05) is 13.1 Å². The summed E-state index contributed by atoms with van der Waals surface area (Å²) in [5.74, 6) is 0.584. The lowest BCUT2D eigenvalue weighted by atomic mass is 10.1. The van der Waals surface area contributed by atoms with Crippen molar-refractivity contribution < 1.29 is 14.3 Å². The number of carbonyl (C=O) groups excluding carboxylic acids is 1. The quantitative estimate of drug-likeness (QED) is 0.834. The Bertz CT molecular complexity index is 470. The maximum absolute atomic E-state index is 12.0. The average Bonchev–Trinajstić information content (AvgIpc) is 2.71. The summed E-state index contributed by atoms with van der Waals surface area (Å²) in [4.78, 5) is 17.9. The summed E-state index contributed by atoms with van der Waals surface area (Å²) in [6.45, 7) is 8.74. The molecule has 0 aromatic carbocycles. The highest BCUT2D eigenvalue weighted by atomic mass is 16.6. The number of pyridine rings is 1. The van der Waals surface area contributed by atoms with Gasteiger partial charge in [0.15, 0.2) is 0 Å². The van der Waals surface area contributed by atoms with Gasteiger partial charge in [-0.1, -0.05) is 6.07 Å². The minimum absolute atomic E-state index is 0.286. The Hall–Kier alpha value is -1.78. The molecular weight excluding hydrogens is 256 g/mol.